The molecule has 1 aliphatic heterocycles. The maximum atomic E-state index is 12.5. The second-order valence-corrected chi connectivity index (χ2v) is 5.96. The molecule has 0 radical (unpaired) electrons. The van der Waals surface area contributed by atoms with Gasteiger partial charge < -0.3 is 10.1 Å². The zero-order valence-electron chi connectivity index (χ0n) is 15.0. The standard InChI is InChI=1S/C22H22N2O2/c1-3-26-22(25)20-16(2)23-19(15-14-17-10-6-4-7-11-17)24-21(20)18-12-8-5-9-13-18/h4-15,21H,3H2,1-2H3,(H,23,24)/b15-14+. The summed E-state index contributed by atoms with van der Waals surface area (Å²) in [5, 5.41) is 3.22. The van der Waals surface area contributed by atoms with Gasteiger partial charge in [0.25, 0.3) is 0 Å². The molecule has 26 heavy (non-hydrogen) atoms. The number of carbonyl (C=O) groups excluding carboxylic acids is 1. The van der Waals surface area contributed by atoms with Crippen LogP contribution < -0.4 is 5.32 Å². The first kappa shape index (κ1) is 17.7. The predicted molar refractivity (Wildman–Crippen MR) is 105 cm³/mol. The molecule has 1 N–H and O–H groups in total. The summed E-state index contributed by atoms with van der Waals surface area (Å²) in [6.07, 6.45) is 3.92. The topological polar surface area (TPSA) is 50.7 Å². The monoisotopic (exact) mass is 346 g/mol. The summed E-state index contributed by atoms with van der Waals surface area (Å²) in [5.74, 6) is 0.384. The smallest absolute Gasteiger partial charge is 0.338 e. The van der Waals surface area contributed by atoms with Crippen LogP contribution in [0.1, 0.15) is 31.0 Å². The van der Waals surface area contributed by atoms with Gasteiger partial charge in [0, 0.05) is 5.70 Å². The zero-order valence-corrected chi connectivity index (χ0v) is 15.0. The fraction of sp³-hybridized carbons (Fsp3) is 0.182. The summed E-state index contributed by atoms with van der Waals surface area (Å²) in [5.41, 5.74) is 3.36. The second-order valence-electron chi connectivity index (χ2n) is 5.96. The minimum atomic E-state index is -0.382. The summed E-state index contributed by atoms with van der Waals surface area (Å²) in [7, 11) is 0. The van der Waals surface area contributed by atoms with Gasteiger partial charge in [-0.2, -0.15) is 0 Å². The van der Waals surface area contributed by atoms with Gasteiger partial charge in [-0.1, -0.05) is 66.7 Å². The molecule has 1 heterocycles. The number of amidine groups is 1. The molecule has 132 valence electrons. The third-order valence-electron chi connectivity index (χ3n) is 4.11. The number of ether oxygens (including phenoxy) is 1. The lowest BCUT2D eigenvalue weighted by Gasteiger charge is -2.25. The van der Waals surface area contributed by atoms with Crippen molar-refractivity contribution < 1.29 is 9.53 Å². The highest BCUT2D eigenvalue weighted by atomic mass is 16.5. The Morgan fingerprint density at radius 2 is 1.73 bits per heavy atom. The van der Waals surface area contributed by atoms with Crippen LogP contribution in [0.5, 0.6) is 0 Å². The van der Waals surface area contributed by atoms with Crippen molar-refractivity contribution in [3.05, 3.63) is 89.1 Å². The van der Waals surface area contributed by atoms with Crippen LogP contribution in [0.2, 0.25) is 0 Å². The molecule has 2 aromatic carbocycles. The number of esters is 1. The molecule has 1 atom stereocenters. The molecule has 0 aromatic heterocycles. The van der Waals surface area contributed by atoms with E-state index in [2.05, 4.69) is 5.32 Å². The molecule has 0 bridgehead atoms. The Labute approximate surface area is 153 Å². The Hall–Kier alpha value is -3.14. The minimum absolute atomic E-state index is 0.332. The Morgan fingerprint density at radius 3 is 2.38 bits per heavy atom. The van der Waals surface area contributed by atoms with Gasteiger partial charge >= 0.3 is 5.97 Å². The maximum Gasteiger partial charge on any atom is 0.338 e. The molecule has 2 aromatic rings. The van der Waals surface area contributed by atoms with Crippen LogP contribution >= 0.6 is 0 Å². The van der Waals surface area contributed by atoms with Crippen molar-refractivity contribution in [1.82, 2.24) is 5.32 Å². The quantitative estimate of drug-likeness (QED) is 0.822. The lowest BCUT2D eigenvalue weighted by Crippen LogP contribution is -2.31. The van der Waals surface area contributed by atoms with E-state index in [1.807, 2.05) is 79.7 Å². The number of hydrogen-bond acceptors (Lipinski definition) is 4. The highest BCUT2D eigenvalue weighted by Crippen LogP contribution is 2.31. The molecular formula is C22H22N2O2. The predicted octanol–water partition coefficient (Wildman–Crippen LogP) is 4.28. The van der Waals surface area contributed by atoms with Crippen molar-refractivity contribution in [2.24, 2.45) is 4.99 Å². The number of carbonyl (C=O) groups is 1. The van der Waals surface area contributed by atoms with Crippen LogP contribution in [0, 0.1) is 0 Å². The minimum Gasteiger partial charge on any atom is -0.463 e. The first-order valence-corrected chi connectivity index (χ1v) is 8.70. The van der Waals surface area contributed by atoms with E-state index in [1.54, 1.807) is 6.92 Å². The molecule has 0 saturated carbocycles. The molecule has 0 fully saturated rings. The van der Waals surface area contributed by atoms with Gasteiger partial charge in [-0.15, -0.1) is 0 Å². The highest BCUT2D eigenvalue weighted by molar-refractivity contribution is 6.01. The van der Waals surface area contributed by atoms with Gasteiger partial charge in [-0.05, 0) is 31.1 Å². The molecule has 0 spiro atoms. The van der Waals surface area contributed by atoms with Gasteiger partial charge in [-0.25, -0.2) is 4.79 Å². The summed E-state index contributed by atoms with van der Waals surface area (Å²) in [6, 6.07) is 19.4. The first-order valence-electron chi connectivity index (χ1n) is 8.70. The van der Waals surface area contributed by atoms with Crippen LogP contribution in [-0.2, 0) is 9.53 Å². The Bertz CT molecular complexity index is 852. The average molecular weight is 346 g/mol. The first-order chi connectivity index (χ1) is 12.7. The van der Waals surface area contributed by atoms with Gasteiger partial charge in [-0.3, -0.25) is 4.99 Å². The molecule has 3 rings (SSSR count). The van der Waals surface area contributed by atoms with Crippen LogP contribution in [0.25, 0.3) is 6.08 Å². The average Bonchev–Trinajstić information content (AvgIpc) is 2.67. The largest absolute Gasteiger partial charge is 0.463 e. The third kappa shape index (κ3) is 4.09. The van der Waals surface area contributed by atoms with Crippen molar-refractivity contribution in [2.45, 2.75) is 19.9 Å². The van der Waals surface area contributed by atoms with E-state index < -0.39 is 0 Å². The lowest BCUT2D eigenvalue weighted by atomic mass is 9.96. The fourth-order valence-electron chi connectivity index (χ4n) is 2.87. The van der Waals surface area contributed by atoms with Crippen molar-refractivity contribution >= 4 is 17.9 Å². The van der Waals surface area contributed by atoms with E-state index in [0.717, 1.165) is 16.8 Å². The maximum absolute atomic E-state index is 12.5. The van der Waals surface area contributed by atoms with E-state index in [9.17, 15) is 4.79 Å². The van der Waals surface area contributed by atoms with Crippen molar-refractivity contribution in [1.29, 1.82) is 0 Å². The van der Waals surface area contributed by atoms with Gasteiger partial charge in [0.15, 0.2) is 0 Å². The van der Waals surface area contributed by atoms with E-state index in [1.165, 1.54) is 0 Å². The van der Waals surface area contributed by atoms with E-state index in [0.29, 0.717) is 18.0 Å². The van der Waals surface area contributed by atoms with E-state index in [4.69, 9.17) is 9.73 Å². The number of hydrogen-bond donors (Lipinski definition) is 1. The molecule has 1 aliphatic rings. The molecule has 0 aliphatic carbocycles. The number of aliphatic imine (C=N–C) groups is 1. The molecule has 0 amide bonds. The number of allylic oxidation sites excluding steroid dienone is 1. The van der Waals surface area contributed by atoms with Crippen LogP contribution in [0.3, 0.4) is 0 Å². The van der Waals surface area contributed by atoms with Crippen LogP contribution in [0.15, 0.2) is 83.0 Å². The number of nitrogens with one attached hydrogen (secondary N) is 1. The molecule has 1 unspecified atom stereocenters. The summed E-state index contributed by atoms with van der Waals surface area (Å²) < 4.78 is 5.24. The highest BCUT2D eigenvalue weighted by Gasteiger charge is 2.29. The molecule has 4 heteroatoms. The SMILES string of the molecule is CCOC(=O)C1=C(C)NC(/C=C/c2ccccc2)=NC1c1ccccc1. The van der Waals surface area contributed by atoms with Crippen molar-refractivity contribution in [3.8, 4) is 0 Å². The van der Waals surface area contributed by atoms with Crippen molar-refractivity contribution in [3.63, 3.8) is 0 Å². The molecular weight excluding hydrogens is 324 g/mol. The Morgan fingerprint density at radius 1 is 1.08 bits per heavy atom. The fourth-order valence-corrected chi connectivity index (χ4v) is 2.87. The van der Waals surface area contributed by atoms with Crippen LogP contribution in [0.4, 0.5) is 0 Å². The zero-order chi connectivity index (χ0) is 18.4. The Kier molecular flexibility index (Phi) is 5.64. The third-order valence-corrected chi connectivity index (χ3v) is 4.11. The van der Waals surface area contributed by atoms with Gasteiger partial charge in [0.05, 0.1) is 12.2 Å². The lowest BCUT2D eigenvalue weighted by molar-refractivity contribution is -0.138. The van der Waals surface area contributed by atoms with E-state index in [-0.39, 0.29) is 12.0 Å². The summed E-state index contributed by atoms with van der Waals surface area (Å²) >= 11 is 0. The molecule has 0 saturated heterocycles. The second kappa shape index (κ2) is 8.30. The summed E-state index contributed by atoms with van der Waals surface area (Å²) in [4.78, 5) is 17.2. The van der Waals surface area contributed by atoms with Crippen LogP contribution in [-0.4, -0.2) is 18.4 Å². The number of benzene rings is 2. The van der Waals surface area contributed by atoms with Gasteiger partial charge in [0.2, 0.25) is 0 Å². The van der Waals surface area contributed by atoms with Crippen molar-refractivity contribution in [2.75, 3.05) is 6.61 Å². The number of rotatable bonds is 5. The number of nitrogens with zero attached hydrogens (tertiary/aromatic N) is 1. The Balaban J connectivity index is 1.95. The summed E-state index contributed by atoms with van der Waals surface area (Å²) in [6.45, 7) is 4.02. The van der Waals surface area contributed by atoms with E-state index >= 15 is 0 Å². The molecule has 4 nitrogen and oxygen atoms in total. The van der Waals surface area contributed by atoms with Gasteiger partial charge in [0.1, 0.15) is 11.9 Å². The normalized spacial score (nSPS) is 17.0.